The van der Waals surface area contributed by atoms with E-state index in [0.29, 0.717) is 57.4 Å². The van der Waals surface area contributed by atoms with Gasteiger partial charge in [-0.3, -0.25) is 29.8 Å². The number of amides is 12. The number of urea groups is 6. The lowest BCUT2D eigenvalue weighted by Gasteiger charge is -2.42. The zero-order valence-corrected chi connectivity index (χ0v) is 80.9. The van der Waals surface area contributed by atoms with Crippen molar-refractivity contribution in [3.05, 3.63) is 132 Å². The van der Waals surface area contributed by atoms with Crippen LogP contribution in [0.25, 0.3) is 0 Å². The monoisotopic (exact) mass is 1940 g/mol. The third kappa shape index (κ3) is 31.2. The Balaban J connectivity index is 0.000000377. The molecule has 9 aliphatic rings. The van der Waals surface area contributed by atoms with Crippen LogP contribution in [0.4, 0.5) is 62.9 Å². The van der Waals surface area contributed by atoms with Gasteiger partial charge in [0.1, 0.15) is 11.5 Å². The summed E-state index contributed by atoms with van der Waals surface area (Å²) in [6, 6.07) is 39.6. The molecule has 0 aromatic heterocycles. The van der Waals surface area contributed by atoms with Crippen molar-refractivity contribution in [2.24, 2.45) is 0 Å². The Labute approximate surface area is 803 Å². The normalized spacial score (nSPS) is 18.9. The van der Waals surface area contributed by atoms with Gasteiger partial charge in [0.15, 0.2) is 0 Å². The van der Waals surface area contributed by atoms with Crippen molar-refractivity contribution in [2.45, 2.75) is 294 Å². The predicted molar refractivity (Wildman–Crippen MR) is 549 cm³/mol. The fourth-order valence-corrected chi connectivity index (χ4v) is 20.3. The molecule has 2 N–H and O–H groups in total. The number of imide groups is 3. The summed E-state index contributed by atoms with van der Waals surface area (Å²) in [7, 11) is 3.29. The van der Waals surface area contributed by atoms with E-state index >= 15 is 0 Å². The number of alkyl halides is 1. The highest BCUT2D eigenvalue weighted by atomic mass is 79.9. The van der Waals surface area contributed by atoms with Crippen LogP contribution >= 0.6 is 57.7 Å². The van der Waals surface area contributed by atoms with Gasteiger partial charge in [-0.1, -0.05) is 244 Å². The minimum atomic E-state index is -0.391. The van der Waals surface area contributed by atoms with E-state index in [1.165, 1.54) is 164 Å². The van der Waals surface area contributed by atoms with Crippen molar-refractivity contribution in [1.82, 2.24) is 44.5 Å². The molecule has 128 heavy (non-hydrogen) atoms. The molecule has 6 fully saturated rings. The highest BCUT2D eigenvalue weighted by Gasteiger charge is 2.44. The fourth-order valence-electron chi connectivity index (χ4n) is 19.8. The molecule has 23 nitrogen and oxygen atoms in total. The minimum absolute atomic E-state index is 0. The van der Waals surface area contributed by atoms with Crippen molar-refractivity contribution >= 4 is 128 Å². The summed E-state index contributed by atoms with van der Waals surface area (Å²) in [5, 5.41) is 6.75. The molecule has 6 heterocycles. The second-order valence-corrected chi connectivity index (χ2v) is 35.2. The number of methoxy groups -OCH3 is 2. The zero-order chi connectivity index (χ0) is 85.4. The van der Waals surface area contributed by atoms with E-state index in [-0.39, 0.29) is 120 Å². The molecule has 0 unspecified atom stereocenters. The van der Waals surface area contributed by atoms with Gasteiger partial charge in [0.2, 0.25) is 0 Å². The van der Waals surface area contributed by atoms with Crippen LogP contribution in [0.1, 0.15) is 256 Å². The van der Waals surface area contributed by atoms with Gasteiger partial charge in [-0.2, -0.15) is 0 Å². The summed E-state index contributed by atoms with van der Waals surface area (Å²) >= 11 is 3.39. The SMILES string of the molecule is Br.C.C.C.C.CCN(CC)CCBr.CCN(CC)CCN1C(=O)N(Cc2ccc(OC)cc2)c2ccccc2N(C2CCN(C3CCCCCCC3)CC2)C1=O.CCN(CC)CCN1C(=O)Nc2ccccc2N(C2CCN(C3CCCCCCC3)CC2)C1=O.COc1ccc(CN2C(=O)NC(=O)N(C3CCN(C4CCCCCCC4)CC3)c3ccccc32)cc1.Cl.Cl. The molecular weight excluding hydrogens is 1780 g/mol. The lowest BCUT2D eigenvalue weighted by Crippen LogP contribution is -2.55. The average molecular weight is 1950 g/mol. The smallest absolute Gasteiger partial charge is 0.333 e. The number of piperidine rings is 3. The summed E-state index contributed by atoms with van der Waals surface area (Å²) < 4.78 is 10.6. The second kappa shape index (κ2) is 59.7. The molecule has 27 heteroatoms. The van der Waals surface area contributed by atoms with Gasteiger partial charge in [-0.15, -0.1) is 41.8 Å². The largest absolute Gasteiger partial charge is 0.497 e. The number of ether oxygens (including phenoxy) is 2. The quantitative estimate of drug-likeness (QED) is 0.0498. The van der Waals surface area contributed by atoms with Gasteiger partial charge in [0.05, 0.1) is 61.4 Å². The van der Waals surface area contributed by atoms with E-state index < -0.39 is 6.03 Å². The van der Waals surface area contributed by atoms with Gasteiger partial charge in [0, 0.05) is 114 Å². The second-order valence-electron chi connectivity index (χ2n) is 34.4. The van der Waals surface area contributed by atoms with Crippen LogP contribution in [0.15, 0.2) is 121 Å². The minimum Gasteiger partial charge on any atom is -0.497 e. The fraction of sp³-hybridized carbons (Fsp3) is 0.644. The number of rotatable bonds is 26. The Hall–Kier alpha value is -6.78. The lowest BCUT2D eigenvalue weighted by atomic mass is 9.93. The molecule has 0 bridgehead atoms. The number of para-hydroxylation sites is 6. The van der Waals surface area contributed by atoms with Crippen molar-refractivity contribution in [2.75, 3.05) is 161 Å². The van der Waals surface area contributed by atoms with Gasteiger partial charge in [0.25, 0.3) is 0 Å². The highest BCUT2D eigenvalue weighted by molar-refractivity contribution is 9.09. The first-order valence-corrected chi connectivity index (χ1v) is 48.0. The Kier molecular flexibility index (Phi) is 52.9. The number of hydrogen-bond acceptors (Lipinski definition) is 14. The van der Waals surface area contributed by atoms with Gasteiger partial charge < -0.3 is 44.2 Å². The maximum atomic E-state index is 14.5. The molecule has 0 spiro atoms. The average Bonchev–Trinajstić information content (AvgIpc) is 1.62. The van der Waals surface area contributed by atoms with Crippen LogP contribution < -0.4 is 44.6 Å². The molecule has 6 aliphatic heterocycles. The van der Waals surface area contributed by atoms with E-state index in [2.05, 4.69) is 97.5 Å². The van der Waals surface area contributed by atoms with Crippen molar-refractivity contribution < 1.29 is 38.2 Å². The van der Waals surface area contributed by atoms with Crippen LogP contribution in [-0.2, 0) is 13.1 Å². The molecule has 5 aromatic rings. The Morgan fingerprint density at radius 1 is 0.328 bits per heavy atom. The Bertz CT molecular complexity index is 3970. The predicted octanol–water partition coefficient (Wildman–Crippen LogP) is 24.0. The number of halogens is 4. The number of carbonyl (C=O) groups excluding carboxylic acids is 6. The number of likely N-dealkylation sites (N-methyl/N-ethyl adjacent to an activating group) is 2. The molecule has 3 saturated carbocycles. The third-order valence-corrected chi connectivity index (χ3v) is 27.6. The van der Waals surface area contributed by atoms with Crippen molar-refractivity contribution in [3.8, 4) is 11.5 Å². The topological polar surface area (TPSA) is 187 Å². The molecule has 720 valence electrons. The highest BCUT2D eigenvalue weighted by Crippen LogP contribution is 2.42. The number of benzene rings is 5. The van der Waals surface area contributed by atoms with Crippen molar-refractivity contribution in [3.63, 3.8) is 0 Å². The number of fused-ring (bicyclic) bond motifs is 3. The third-order valence-electron chi connectivity index (χ3n) is 27.3. The number of nitrogens with one attached hydrogen (secondary N) is 2. The number of nitrogens with zero attached hydrogens (tertiary/aromatic N) is 13. The van der Waals surface area contributed by atoms with Crippen LogP contribution in [-0.4, -0.2) is 242 Å². The van der Waals surface area contributed by atoms with E-state index in [4.69, 9.17) is 9.47 Å². The van der Waals surface area contributed by atoms with Gasteiger partial charge >= 0.3 is 36.2 Å². The molecule has 0 radical (unpaired) electrons. The summed E-state index contributed by atoms with van der Waals surface area (Å²) in [4.78, 5) is 109. The number of carbonyl (C=O) groups is 6. The van der Waals surface area contributed by atoms with Crippen molar-refractivity contribution in [1.29, 1.82) is 0 Å². The maximum Gasteiger partial charge on any atom is 0.333 e. The summed E-state index contributed by atoms with van der Waals surface area (Å²) in [5.41, 5.74) is 6.71. The molecule has 0 atom stereocenters. The summed E-state index contributed by atoms with van der Waals surface area (Å²) in [6.07, 6.45) is 33.8. The molecular formula is C101H165Br2Cl2N15O8. The lowest BCUT2D eigenvalue weighted by molar-refractivity contribution is 0.127. The standard InChI is InChI=1S/C35H51N5O3.C29H38N4O3.C27H43N5O2.C6H14BrN.4CH4.BrH.2ClH/c1-4-36(5-2)25-26-38-34(41)39(27-28-17-19-31(43-3)20-18-28)32-15-11-12-16-33(32)40(35(38)42)30-21-23-37(24-22-30)29-13-9-7-6-8-10-14-29;1-36-25-15-13-22(14-16-25)21-32-26-11-7-8-12-27(26)33(29(35)30-28(32)34)24-17-19-31(20-18-24)23-9-5-3-2-4-6-10-23;1-3-29(4-2)20-21-31-26(33)28-24-14-10-11-15-25(24)32(27(31)34)23-16-18-30(19-17-23)22-12-8-6-5-7-9-13-22;1-3-8(4-2)6-5-7;;;;;;;/h11-12,15-20,29-30H,4-10,13-14,21-27H2,1-3H3;7-8,11-16,23-24H,2-6,9-10,17-21H2,1H3,(H,30,34,35);10-11,14-15,22-23H,3-9,12-13,16-21H2,1-2H3,(H,28,33);3-6H2,1-2H3;4*1H4;3*1H. The first-order chi connectivity index (χ1) is 59.1. The van der Waals surface area contributed by atoms with E-state index in [0.717, 1.165) is 166 Å². The first-order valence-electron chi connectivity index (χ1n) is 46.9. The van der Waals surface area contributed by atoms with Crippen LogP contribution in [0, 0.1) is 0 Å². The van der Waals surface area contributed by atoms with Gasteiger partial charge in [-0.25, -0.2) is 38.6 Å². The molecule has 3 saturated heterocycles. The number of likely N-dealkylation sites (tertiary alicyclic amines) is 3. The van der Waals surface area contributed by atoms with E-state index in [1.807, 2.05) is 136 Å². The molecule has 3 aliphatic carbocycles. The van der Waals surface area contributed by atoms with Crippen LogP contribution in [0.5, 0.6) is 11.5 Å². The Morgan fingerprint density at radius 2 is 0.633 bits per heavy atom. The maximum absolute atomic E-state index is 14.5. The number of anilines is 6. The number of hydrogen-bond donors (Lipinski definition) is 2. The van der Waals surface area contributed by atoms with Crippen LogP contribution in [0.3, 0.4) is 0 Å². The van der Waals surface area contributed by atoms with E-state index in [9.17, 15) is 28.8 Å². The first kappa shape index (κ1) is 114. The zero-order valence-electron chi connectivity index (χ0n) is 75.9. The van der Waals surface area contributed by atoms with E-state index in [1.54, 1.807) is 24.0 Å². The van der Waals surface area contributed by atoms with Crippen LogP contribution in [0.2, 0.25) is 0 Å². The summed E-state index contributed by atoms with van der Waals surface area (Å²) in [6.45, 7) is 28.9. The molecule has 5 aromatic carbocycles. The molecule has 14 rings (SSSR count). The Morgan fingerprint density at radius 3 is 1.01 bits per heavy atom. The molecule has 12 amide bonds. The van der Waals surface area contributed by atoms with Gasteiger partial charge in [-0.05, 0) is 188 Å². The summed E-state index contributed by atoms with van der Waals surface area (Å²) in [5.74, 6) is 1.55.